The third kappa shape index (κ3) is 3.57. The van der Waals surface area contributed by atoms with Crippen molar-refractivity contribution < 1.29 is 9.53 Å². The lowest BCUT2D eigenvalue weighted by Gasteiger charge is -2.05. The number of rotatable bonds is 5. The van der Waals surface area contributed by atoms with Gasteiger partial charge in [0.15, 0.2) is 0 Å². The van der Waals surface area contributed by atoms with Crippen molar-refractivity contribution in [1.29, 1.82) is 0 Å². The van der Waals surface area contributed by atoms with Gasteiger partial charge in [0.05, 0.1) is 18.4 Å². The lowest BCUT2D eigenvalue weighted by Crippen LogP contribution is -2.01. The monoisotopic (exact) mass is 326 g/mol. The van der Waals surface area contributed by atoms with E-state index in [1.54, 1.807) is 16.8 Å². The number of benzene rings is 2. The van der Waals surface area contributed by atoms with Crippen LogP contribution < -0.4 is 0 Å². The highest BCUT2D eigenvalue weighted by Gasteiger charge is 2.09. The number of methoxy groups -OCH3 is 1. The Kier molecular flexibility index (Phi) is 4.68. The first-order valence-corrected chi connectivity index (χ1v) is 7.90. The summed E-state index contributed by atoms with van der Waals surface area (Å²) >= 11 is 1.53. The molecule has 3 aromatic rings. The summed E-state index contributed by atoms with van der Waals surface area (Å²) in [5.41, 5.74) is 2.53. The van der Waals surface area contributed by atoms with Gasteiger partial charge in [-0.25, -0.2) is 4.79 Å². The van der Waals surface area contributed by atoms with Crippen LogP contribution in [0.25, 0.3) is 5.69 Å². The Morgan fingerprint density at radius 1 is 1.13 bits per heavy atom. The van der Waals surface area contributed by atoms with Gasteiger partial charge in [0.25, 0.3) is 0 Å². The predicted octanol–water partition coefficient (Wildman–Crippen LogP) is 2.74. The molecule has 1 aromatic heterocycles. The summed E-state index contributed by atoms with van der Waals surface area (Å²) in [6.45, 7) is 0. The van der Waals surface area contributed by atoms with Crippen LogP contribution in [0.5, 0.6) is 0 Å². The summed E-state index contributed by atoms with van der Waals surface area (Å²) in [6.07, 6.45) is 0. The van der Waals surface area contributed by atoms with Crippen LogP contribution in [0.1, 0.15) is 15.9 Å². The van der Waals surface area contributed by atoms with Crippen LogP contribution in [0.3, 0.4) is 0 Å². The molecule has 0 bridgehead atoms. The Hall–Kier alpha value is -2.67. The number of carbonyl (C=O) groups is 1. The number of esters is 1. The molecule has 0 amide bonds. The van der Waals surface area contributed by atoms with Gasteiger partial charge < -0.3 is 4.74 Å². The quantitative estimate of drug-likeness (QED) is 0.530. The molecule has 0 radical (unpaired) electrons. The topological polar surface area (TPSA) is 69.9 Å². The number of aromatic nitrogens is 4. The molecule has 0 aliphatic rings. The van der Waals surface area contributed by atoms with Gasteiger partial charge in [-0.2, -0.15) is 4.68 Å². The van der Waals surface area contributed by atoms with E-state index in [-0.39, 0.29) is 5.97 Å². The first kappa shape index (κ1) is 15.2. The summed E-state index contributed by atoms with van der Waals surface area (Å²) in [7, 11) is 1.37. The molecule has 0 aliphatic carbocycles. The summed E-state index contributed by atoms with van der Waals surface area (Å²) in [5.74, 6) is 0.367. The molecule has 6 nitrogen and oxygen atoms in total. The molecule has 2 aromatic carbocycles. The second kappa shape index (κ2) is 7.06. The Balaban J connectivity index is 1.70. The molecule has 0 unspecified atom stereocenters. The molecule has 0 fully saturated rings. The van der Waals surface area contributed by atoms with E-state index in [9.17, 15) is 4.79 Å². The van der Waals surface area contributed by atoms with Crippen molar-refractivity contribution in [1.82, 2.24) is 20.2 Å². The first-order chi connectivity index (χ1) is 11.3. The average molecular weight is 326 g/mol. The zero-order valence-corrected chi connectivity index (χ0v) is 13.2. The summed E-state index contributed by atoms with van der Waals surface area (Å²) < 4.78 is 6.39. The Bertz CT molecular complexity index is 787. The van der Waals surface area contributed by atoms with E-state index in [0.29, 0.717) is 16.5 Å². The average Bonchev–Trinajstić information content (AvgIpc) is 3.09. The number of thioether (sulfide) groups is 1. The van der Waals surface area contributed by atoms with Crippen LogP contribution in [0.2, 0.25) is 0 Å². The second-order valence-electron chi connectivity index (χ2n) is 4.69. The number of hydrogen-bond donors (Lipinski definition) is 0. The summed E-state index contributed by atoms with van der Waals surface area (Å²) in [5, 5.41) is 12.5. The van der Waals surface area contributed by atoms with Crippen LogP contribution >= 0.6 is 11.8 Å². The zero-order valence-electron chi connectivity index (χ0n) is 12.4. The van der Waals surface area contributed by atoms with Crippen LogP contribution in [0.15, 0.2) is 59.8 Å². The van der Waals surface area contributed by atoms with Crippen LogP contribution in [0.4, 0.5) is 0 Å². The molecule has 0 N–H and O–H groups in total. The maximum Gasteiger partial charge on any atom is 0.337 e. The normalized spacial score (nSPS) is 10.5. The van der Waals surface area contributed by atoms with Crippen molar-refractivity contribution in [3.8, 4) is 5.69 Å². The maximum absolute atomic E-state index is 11.4. The fourth-order valence-electron chi connectivity index (χ4n) is 2.00. The highest BCUT2D eigenvalue weighted by Crippen LogP contribution is 2.22. The van der Waals surface area contributed by atoms with Crippen molar-refractivity contribution in [2.45, 2.75) is 10.9 Å². The van der Waals surface area contributed by atoms with E-state index >= 15 is 0 Å². The van der Waals surface area contributed by atoms with E-state index in [1.807, 2.05) is 42.5 Å². The minimum absolute atomic E-state index is 0.336. The van der Waals surface area contributed by atoms with Gasteiger partial charge >= 0.3 is 5.97 Å². The minimum Gasteiger partial charge on any atom is -0.465 e. The lowest BCUT2D eigenvalue weighted by molar-refractivity contribution is 0.0600. The molecule has 0 aliphatic heterocycles. The number of ether oxygens (including phenoxy) is 1. The summed E-state index contributed by atoms with van der Waals surface area (Å²) in [6, 6.07) is 17.0. The highest BCUT2D eigenvalue weighted by atomic mass is 32.2. The van der Waals surface area contributed by atoms with E-state index in [2.05, 4.69) is 20.3 Å². The van der Waals surface area contributed by atoms with Gasteiger partial charge in [-0.05, 0) is 40.3 Å². The molecule has 0 atom stereocenters. The molecule has 23 heavy (non-hydrogen) atoms. The largest absolute Gasteiger partial charge is 0.465 e. The smallest absolute Gasteiger partial charge is 0.337 e. The van der Waals surface area contributed by atoms with Crippen molar-refractivity contribution in [3.63, 3.8) is 0 Å². The third-order valence-corrected chi connectivity index (χ3v) is 4.18. The first-order valence-electron chi connectivity index (χ1n) is 6.92. The predicted molar refractivity (Wildman–Crippen MR) is 86.5 cm³/mol. The molecule has 1 heterocycles. The van der Waals surface area contributed by atoms with Crippen molar-refractivity contribution in [3.05, 3.63) is 65.7 Å². The highest BCUT2D eigenvalue weighted by molar-refractivity contribution is 7.98. The Morgan fingerprint density at radius 2 is 1.87 bits per heavy atom. The van der Waals surface area contributed by atoms with Gasteiger partial charge in [-0.1, -0.05) is 42.1 Å². The standard InChI is InChI=1S/C16H14N4O2S/c1-22-15(21)13-9-7-12(8-10-13)11-23-16-17-18-19-20(16)14-5-3-2-4-6-14/h2-10H,11H2,1H3. The minimum atomic E-state index is -0.336. The number of carbonyl (C=O) groups excluding carboxylic acids is 1. The zero-order chi connectivity index (χ0) is 16.1. The van der Waals surface area contributed by atoms with Gasteiger partial charge in [0.2, 0.25) is 5.16 Å². The molecule has 7 heteroatoms. The van der Waals surface area contributed by atoms with E-state index in [1.165, 1.54) is 18.9 Å². The van der Waals surface area contributed by atoms with E-state index < -0.39 is 0 Å². The van der Waals surface area contributed by atoms with Gasteiger partial charge in [0.1, 0.15) is 0 Å². The van der Waals surface area contributed by atoms with Crippen molar-refractivity contribution in [2.24, 2.45) is 0 Å². The molecule has 0 saturated carbocycles. The van der Waals surface area contributed by atoms with Crippen molar-refractivity contribution in [2.75, 3.05) is 7.11 Å². The van der Waals surface area contributed by atoms with Crippen LogP contribution in [-0.2, 0) is 10.5 Å². The van der Waals surface area contributed by atoms with Gasteiger partial charge in [-0.3, -0.25) is 0 Å². The Labute approximate surface area is 137 Å². The third-order valence-electron chi connectivity index (χ3n) is 3.18. The van der Waals surface area contributed by atoms with E-state index in [4.69, 9.17) is 0 Å². The number of tetrazole rings is 1. The second-order valence-corrected chi connectivity index (χ2v) is 5.63. The molecule has 0 spiro atoms. The van der Waals surface area contributed by atoms with Gasteiger partial charge in [-0.15, -0.1) is 5.10 Å². The molecule has 3 rings (SSSR count). The maximum atomic E-state index is 11.4. The van der Waals surface area contributed by atoms with E-state index in [0.717, 1.165) is 11.3 Å². The molecular formula is C16H14N4O2S. The summed E-state index contributed by atoms with van der Waals surface area (Å²) in [4.78, 5) is 11.4. The fourth-order valence-corrected chi connectivity index (χ4v) is 2.85. The van der Waals surface area contributed by atoms with Crippen LogP contribution in [-0.4, -0.2) is 33.3 Å². The van der Waals surface area contributed by atoms with Crippen molar-refractivity contribution >= 4 is 17.7 Å². The number of hydrogen-bond acceptors (Lipinski definition) is 6. The lowest BCUT2D eigenvalue weighted by atomic mass is 10.1. The SMILES string of the molecule is COC(=O)c1ccc(CSc2nnnn2-c2ccccc2)cc1. The molecule has 116 valence electrons. The fraction of sp³-hybridized carbons (Fsp3) is 0.125. The molecular weight excluding hydrogens is 312 g/mol. The molecule has 0 saturated heterocycles. The number of nitrogens with zero attached hydrogens (tertiary/aromatic N) is 4. The van der Waals surface area contributed by atoms with Crippen LogP contribution in [0, 0.1) is 0 Å². The number of para-hydroxylation sites is 1. The Morgan fingerprint density at radius 3 is 2.57 bits per heavy atom. The van der Waals surface area contributed by atoms with Gasteiger partial charge in [0, 0.05) is 5.75 Å².